The lowest BCUT2D eigenvalue weighted by Gasteiger charge is -2.36. The largest absolute Gasteiger partial charge is 0.495 e. The minimum absolute atomic E-state index is 0.442. The van der Waals surface area contributed by atoms with E-state index in [0.29, 0.717) is 12.1 Å². The second-order valence-electron chi connectivity index (χ2n) is 4.09. The molecule has 3 heteroatoms. The number of hydrogen-bond acceptors (Lipinski definition) is 3. The van der Waals surface area contributed by atoms with Crippen molar-refractivity contribution in [1.82, 2.24) is 0 Å². The Bertz CT molecular complexity index is 334. The van der Waals surface area contributed by atoms with E-state index in [9.17, 15) is 0 Å². The number of hydrogen-bond donors (Lipinski definition) is 1. The van der Waals surface area contributed by atoms with Crippen LogP contribution in [-0.2, 0) is 4.74 Å². The molecule has 0 amide bonds. The summed E-state index contributed by atoms with van der Waals surface area (Å²) in [6, 6.07) is 8.54. The number of anilines is 1. The Morgan fingerprint density at radius 3 is 2.75 bits per heavy atom. The van der Waals surface area contributed by atoms with Gasteiger partial charge in [0.15, 0.2) is 0 Å². The van der Waals surface area contributed by atoms with E-state index < -0.39 is 0 Å². The quantitative estimate of drug-likeness (QED) is 0.829. The molecule has 0 bridgehead atoms. The van der Waals surface area contributed by atoms with E-state index in [1.807, 2.05) is 31.2 Å². The zero-order chi connectivity index (χ0) is 11.4. The molecule has 0 radical (unpaired) electrons. The van der Waals surface area contributed by atoms with Crippen molar-refractivity contribution >= 4 is 5.69 Å². The van der Waals surface area contributed by atoms with Gasteiger partial charge in [0.05, 0.1) is 18.9 Å². The van der Waals surface area contributed by atoms with Crippen molar-refractivity contribution in [3.8, 4) is 5.75 Å². The molecule has 1 aliphatic rings. The Hall–Kier alpha value is -1.22. The lowest BCUT2D eigenvalue weighted by molar-refractivity contribution is 0.00295. The minimum Gasteiger partial charge on any atom is -0.495 e. The fraction of sp³-hybridized carbons (Fsp3) is 0.538. The van der Waals surface area contributed by atoms with Crippen LogP contribution in [0.15, 0.2) is 24.3 Å². The predicted molar refractivity (Wildman–Crippen MR) is 65.1 cm³/mol. The van der Waals surface area contributed by atoms with Gasteiger partial charge < -0.3 is 14.8 Å². The summed E-state index contributed by atoms with van der Waals surface area (Å²) in [7, 11) is 1.70. The number of para-hydroxylation sites is 2. The van der Waals surface area contributed by atoms with Gasteiger partial charge in [-0.25, -0.2) is 0 Å². The first kappa shape index (κ1) is 11.3. The lowest BCUT2D eigenvalue weighted by Crippen LogP contribution is -2.40. The summed E-state index contributed by atoms with van der Waals surface area (Å²) in [5, 5.41) is 3.48. The Labute approximate surface area is 96.8 Å². The molecule has 0 spiro atoms. The fourth-order valence-corrected chi connectivity index (χ4v) is 2.04. The van der Waals surface area contributed by atoms with E-state index in [1.54, 1.807) is 7.11 Å². The molecular formula is C13H19NO2. The van der Waals surface area contributed by atoms with Crippen molar-refractivity contribution in [2.24, 2.45) is 0 Å². The number of rotatable bonds is 5. The highest BCUT2D eigenvalue weighted by atomic mass is 16.5. The van der Waals surface area contributed by atoms with Crippen LogP contribution in [-0.4, -0.2) is 25.9 Å². The van der Waals surface area contributed by atoms with Crippen LogP contribution < -0.4 is 10.1 Å². The van der Waals surface area contributed by atoms with E-state index in [4.69, 9.17) is 9.47 Å². The van der Waals surface area contributed by atoms with Crippen LogP contribution in [0.2, 0.25) is 0 Å². The Morgan fingerprint density at radius 2 is 2.06 bits per heavy atom. The highest BCUT2D eigenvalue weighted by molar-refractivity contribution is 5.56. The molecule has 88 valence electrons. The minimum atomic E-state index is 0.442. The molecule has 0 aliphatic heterocycles. The molecule has 0 saturated heterocycles. The van der Waals surface area contributed by atoms with Gasteiger partial charge in [0.1, 0.15) is 5.75 Å². The summed E-state index contributed by atoms with van der Waals surface area (Å²) < 4.78 is 10.8. The van der Waals surface area contributed by atoms with Gasteiger partial charge >= 0.3 is 0 Å². The summed E-state index contributed by atoms with van der Waals surface area (Å²) in [5.41, 5.74) is 1.07. The first-order valence-electron chi connectivity index (χ1n) is 5.84. The van der Waals surface area contributed by atoms with Crippen molar-refractivity contribution < 1.29 is 9.47 Å². The summed E-state index contributed by atoms with van der Waals surface area (Å²) in [6.07, 6.45) is 2.62. The molecule has 1 aromatic carbocycles. The molecular weight excluding hydrogens is 202 g/mol. The zero-order valence-electron chi connectivity index (χ0n) is 9.90. The Kier molecular flexibility index (Phi) is 3.67. The number of benzene rings is 1. The van der Waals surface area contributed by atoms with E-state index in [1.165, 1.54) is 0 Å². The molecule has 1 fully saturated rings. The van der Waals surface area contributed by atoms with E-state index in [0.717, 1.165) is 30.9 Å². The van der Waals surface area contributed by atoms with Crippen molar-refractivity contribution in [1.29, 1.82) is 0 Å². The molecule has 1 saturated carbocycles. The molecule has 2 rings (SSSR count). The summed E-state index contributed by atoms with van der Waals surface area (Å²) in [4.78, 5) is 0. The number of nitrogens with one attached hydrogen (secondary N) is 1. The normalized spacial score (nSPS) is 23.6. The van der Waals surface area contributed by atoms with Crippen LogP contribution in [0.5, 0.6) is 5.75 Å². The number of ether oxygens (including phenoxy) is 2. The standard InChI is InChI=1S/C13H19NO2/c1-3-16-11-8-10(9-11)14-12-6-4-5-7-13(12)15-2/h4-7,10-11,14H,3,8-9H2,1-2H3. The average molecular weight is 221 g/mol. The first-order chi connectivity index (χ1) is 7.83. The topological polar surface area (TPSA) is 30.5 Å². The summed E-state index contributed by atoms with van der Waals surface area (Å²) in [6.45, 7) is 2.85. The third kappa shape index (κ3) is 2.47. The summed E-state index contributed by atoms with van der Waals surface area (Å²) in [5.74, 6) is 0.905. The fourth-order valence-electron chi connectivity index (χ4n) is 2.04. The third-order valence-corrected chi connectivity index (χ3v) is 2.96. The molecule has 16 heavy (non-hydrogen) atoms. The van der Waals surface area contributed by atoms with Crippen LogP contribution in [0.1, 0.15) is 19.8 Å². The SMILES string of the molecule is CCOC1CC(Nc2ccccc2OC)C1. The van der Waals surface area contributed by atoms with Crippen LogP contribution in [0.3, 0.4) is 0 Å². The van der Waals surface area contributed by atoms with Crippen LogP contribution in [0, 0.1) is 0 Å². The van der Waals surface area contributed by atoms with E-state index in [2.05, 4.69) is 5.32 Å². The molecule has 0 unspecified atom stereocenters. The van der Waals surface area contributed by atoms with Gasteiger partial charge in [-0.3, -0.25) is 0 Å². The maximum atomic E-state index is 5.53. The molecule has 0 heterocycles. The van der Waals surface area contributed by atoms with Crippen molar-refractivity contribution in [3.63, 3.8) is 0 Å². The van der Waals surface area contributed by atoms with Crippen molar-refractivity contribution in [2.75, 3.05) is 19.0 Å². The van der Waals surface area contributed by atoms with Crippen molar-refractivity contribution in [3.05, 3.63) is 24.3 Å². The monoisotopic (exact) mass is 221 g/mol. The third-order valence-electron chi connectivity index (χ3n) is 2.96. The van der Waals surface area contributed by atoms with Gasteiger partial charge in [-0.1, -0.05) is 12.1 Å². The van der Waals surface area contributed by atoms with Gasteiger partial charge in [-0.2, -0.15) is 0 Å². The predicted octanol–water partition coefficient (Wildman–Crippen LogP) is 2.67. The Morgan fingerprint density at radius 1 is 1.31 bits per heavy atom. The highest BCUT2D eigenvalue weighted by Gasteiger charge is 2.29. The zero-order valence-corrected chi connectivity index (χ0v) is 9.90. The van der Waals surface area contributed by atoms with Crippen LogP contribution >= 0.6 is 0 Å². The van der Waals surface area contributed by atoms with E-state index in [-0.39, 0.29) is 0 Å². The molecule has 1 N–H and O–H groups in total. The molecule has 1 aromatic rings. The smallest absolute Gasteiger partial charge is 0.141 e. The van der Waals surface area contributed by atoms with Gasteiger partial charge in [0.25, 0.3) is 0 Å². The van der Waals surface area contributed by atoms with Gasteiger partial charge in [0, 0.05) is 12.6 Å². The number of methoxy groups -OCH3 is 1. The molecule has 1 aliphatic carbocycles. The molecule has 0 atom stereocenters. The first-order valence-corrected chi connectivity index (χ1v) is 5.84. The molecule has 3 nitrogen and oxygen atoms in total. The highest BCUT2D eigenvalue weighted by Crippen LogP contribution is 2.30. The average Bonchev–Trinajstić information content (AvgIpc) is 2.27. The maximum Gasteiger partial charge on any atom is 0.141 e. The van der Waals surface area contributed by atoms with Crippen molar-refractivity contribution in [2.45, 2.75) is 31.9 Å². The second kappa shape index (κ2) is 5.21. The van der Waals surface area contributed by atoms with Gasteiger partial charge in [0.2, 0.25) is 0 Å². The van der Waals surface area contributed by atoms with Gasteiger partial charge in [-0.15, -0.1) is 0 Å². The Balaban J connectivity index is 1.86. The summed E-state index contributed by atoms with van der Waals surface area (Å²) >= 11 is 0. The lowest BCUT2D eigenvalue weighted by atomic mass is 9.89. The maximum absolute atomic E-state index is 5.53. The van der Waals surface area contributed by atoms with Gasteiger partial charge in [-0.05, 0) is 31.9 Å². The second-order valence-corrected chi connectivity index (χ2v) is 4.09. The molecule has 0 aromatic heterocycles. The van der Waals surface area contributed by atoms with Crippen LogP contribution in [0.4, 0.5) is 5.69 Å². The van der Waals surface area contributed by atoms with Crippen LogP contribution in [0.25, 0.3) is 0 Å². The van der Waals surface area contributed by atoms with E-state index >= 15 is 0 Å².